The molecule has 0 aliphatic rings. The summed E-state index contributed by atoms with van der Waals surface area (Å²) in [7, 11) is 1.21. The van der Waals surface area contributed by atoms with Crippen molar-refractivity contribution in [2.45, 2.75) is 39.9 Å². The second-order valence-electron chi connectivity index (χ2n) is 7.58. The molecule has 0 aliphatic heterocycles. The SMILES string of the molecule is COC(=O)/C(=C/c1cc(C)c(N)c(OCc2ccccc2)c1)C(=O)OC(C)(C)C. The monoisotopic (exact) mass is 397 g/mol. The molecule has 0 atom stereocenters. The molecule has 0 radical (unpaired) electrons. The molecule has 0 saturated carbocycles. The molecule has 0 spiro atoms. The molecule has 0 bridgehead atoms. The minimum Gasteiger partial charge on any atom is -0.487 e. The highest BCUT2D eigenvalue weighted by atomic mass is 16.6. The van der Waals surface area contributed by atoms with Gasteiger partial charge in [-0.2, -0.15) is 0 Å². The van der Waals surface area contributed by atoms with Gasteiger partial charge >= 0.3 is 11.9 Å². The van der Waals surface area contributed by atoms with E-state index in [1.54, 1.807) is 32.9 Å². The van der Waals surface area contributed by atoms with E-state index in [1.807, 2.05) is 37.3 Å². The molecule has 0 unspecified atom stereocenters. The van der Waals surface area contributed by atoms with E-state index in [-0.39, 0.29) is 5.57 Å². The second kappa shape index (κ2) is 9.28. The predicted octanol–water partition coefficient (Wildman–Crippen LogP) is 4.05. The van der Waals surface area contributed by atoms with Crippen LogP contribution in [-0.2, 0) is 25.7 Å². The zero-order valence-corrected chi connectivity index (χ0v) is 17.4. The molecule has 2 rings (SSSR count). The van der Waals surface area contributed by atoms with Gasteiger partial charge < -0.3 is 19.9 Å². The van der Waals surface area contributed by atoms with Crippen LogP contribution in [0.25, 0.3) is 6.08 Å². The fourth-order valence-corrected chi connectivity index (χ4v) is 2.54. The Morgan fingerprint density at radius 2 is 1.72 bits per heavy atom. The van der Waals surface area contributed by atoms with Gasteiger partial charge in [-0.15, -0.1) is 0 Å². The van der Waals surface area contributed by atoms with Crippen LogP contribution in [0.15, 0.2) is 48.0 Å². The number of methoxy groups -OCH3 is 1. The van der Waals surface area contributed by atoms with Crippen molar-refractivity contribution in [3.05, 3.63) is 64.7 Å². The van der Waals surface area contributed by atoms with E-state index in [1.165, 1.54) is 13.2 Å². The number of nitrogen functional groups attached to an aromatic ring is 1. The average molecular weight is 397 g/mol. The topological polar surface area (TPSA) is 87.9 Å². The summed E-state index contributed by atoms with van der Waals surface area (Å²) in [4.78, 5) is 24.6. The lowest BCUT2D eigenvalue weighted by molar-refractivity contribution is -0.153. The Kier molecular flexibility index (Phi) is 7.04. The van der Waals surface area contributed by atoms with E-state index in [0.717, 1.165) is 11.1 Å². The van der Waals surface area contributed by atoms with E-state index in [0.29, 0.717) is 23.6 Å². The molecule has 0 aliphatic carbocycles. The summed E-state index contributed by atoms with van der Waals surface area (Å²) in [5.74, 6) is -1.07. The number of benzene rings is 2. The highest BCUT2D eigenvalue weighted by Gasteiger charge is 2.25. The minimum absolute atomic E-state index is 0.208. The van der Waals surface area contributed by atoms with Gasteiger partial charge in [0.1, 0.15) is 23.5 Å². The van der Waals surface area contributed by atoms with Crippen molar-refractivity contribution in [1.82, 2.24) is 0 Å². The molecular formula is C23H27NO5. The van der Waals surface area contributed by atoms with Crippen LogP contribution in [-0.4, -0.2) is 24.6 Å². The zero-order valence-electron chi connectivity index (χ0n) is 17.4. The Hall–Kier alpha value is -3.28. The number of esters is 2. The second-order valence-corrected chi connectivity index (χ2v) is 7.58. The van der Waals surface area contributed by atoms with Crippen molar-refractivity contribution in [2.24, 2.45) is 0 Å². The van der Waals surface area contributed by atoms with Crippen LogP contribution in [0.2, 0.25) is 0 Å². The number of carbonyl (C=O) groups is 2. The van der Waals surface area contributed by atoms with E-state index in [4.69, 9.17) is 19.9 Å². The summed E-state index contributed by atoms with van der Waals surface area (Å²) in [6.07, 6.45) is 1.42. The Bertz CT molecular complexity index is 911. The lowest BCUT2D eigenvalue weighted by Crippen LogP contribution is -2.27. The van der Waals surface area contributed by atoms with Crippen LogP contribution < -0.4 is 10.5 Å². The van der Waals surface area contributed by atoms with Crippen LogP contribution in [0.3, 0.4) is 0 Å². The van der Waals surface area contributed by atoms with Crippen LogP contribution in [0, 0.1) is 6.92 Å². The van der Waals surface area contributed by atoms with Crippen molar-refractivity contribution in [1.29, 1.82) is 0 Å². The maximum Gasteiger partial charge on any atom is 0.346 e. The van der Waals surface area contributed by atoms with Gasteiger partial charge in [-0.05, 0) is 62.6 Å². The summed E-state index contributed by atoms with van der Waals surface area (Å²) in [6, 6.07) is 13.1. The lowest BCUT2D eigenvalue weighted by Gasteiger charge is -2.20. The normalized spacial score (nSPS) is 11.7. The number of rotatable bonds is 6. The molecule has 0 aromatic heterocycles. The Morgan fingerprint density at radius 3 is 2.31 bits per heavy atom. The summed E-state index contributed by atoms with van der Waals surface area (Å²) < 4.78 is 15.9. The van der Waals surface area contributed by atoms with Gasteiger partial charge in [0, 0.05) is 0 Å². The number of carbonyl (C=O) groups excluding carboxylic acids is 2. The smallest absolute Gasteiger partial charge is 0.346 e. The lowest BCUT2D eigenvalue weighted by atomic mass is 10.1. The number of hydrogen-bond donors (Lipinski definition) is 1. The maximum absolute atomic E-state index is 12.5. The third kappa shape index (κ3) is 6.38. The van der Waals surface area contributed by atoms with Crippen LogP contribution >= 0.6 is 0 Å². The Balaban J connectivity index is 2.36. The summed E-state index contributed by atoms with van der Waals surface area (Å²) >= 11 is 0. The molecule has 6 nitrogen and oxygen atoms in total. The van der Waals surface area contributed by atoms with Crippen molar-refractivity contribution >= 4 is 23.7 Å². The quantitative estimate of drug-likeness (QED) is 0.260. The molecule has 154 valence electrons. The molecule has 2 N–H and O–H groups in total. The van der Waals surface area contributed by atoms with Gasteiger partial charge in [0.2, 0.25) is 0 Å². The first-order valence-corrected chi connectivity index (χ1v) is 9.21. The third-order valence-corrected chi connectivity index (χ3v) is 3.94. The van der Waals surface area contributed by atoms with Gasteiger partial charge in [-0.3, -0.25) is 0 Å². The van der Waals surface area contributed by atoms with E-state index < -0.39 is 17.5 Å². The van der Waals surface area contributed by atoms with Gasteiger partial charge in [-0.1, -0.05) is 30.3 Å². The maximum atomic E-state index is 12.5. The van der Waals surface area contributed by atoms with E-state index in [2.05, 4.69) is 0 Å². The van der Waals surface area contributed by atoms with Crippen molar-refractivity contribution in [3.8, 4) is 5.75 Å². The number of anilines is 1. The van der Waals surface area contributed by atoms with E-state index >= 15 is 0 Å². The van der Waals surface area contributed by atoms with Gasteiger partial charge in [0.05, 0.1) is 12.8 Å². The molecule has 2 aromatic carbocycles. The van der Waals surface area contributed by atoms with Crippen molar-refractivity contribution in [2.75, 3.05) is 12.8 Å². The number of ether oxygens (including phenoxy) is 3. The van der Waals surface area contributed by atoms with Crippen LogP contribution in [0.5, 0.6) is 5.75 Å². The first-order valence-electron chi connectivity index (χ1n) is 9.21. The van der Waals surface area contributed by atoms with Gasteiger partial charge in [-0.25, -0.2) is 9.59 Å². The van der Waals surface area contributed by atoms with Crippen molar-refractivity contribution < 1.29 is 23.8 Å². The molecule has 0 saturated heterocycles. The first-order chi connectivity index (χ1) is 13.6. The molecule has 2 aromatic rings. The van der Waals surface area contributed by atoms with Gasteiger partial charge in [0.25, 0.3) is 0 Å². The molecule has 29 heavy (non-hydrogen) atoms. The third-order valence-electron chi connectivity index (χ3n) is 3.94. The van der Waals surface area contributed by atoms with Crippen LogP contribution in [0.4, 0.5) is 5.69 Å². The van der Waals surface area contributed by atoms with Crippen LogP contribution in [0.1, 0.15) is 37.5 Å². The fraction of sp³-hybridized carbons (Fsp3) is 0.304. The molecule has 0 fully saturated rings. The van der Waals surface area contributed by atoms with Gasteiger partial charge in [0.15, 0.2) is 0 Å². The molecular weight excluding hydrogens is 370 g/mol. The summed E-state index contributed by atoms with van der Waals surface area (Å²) in [5.41, 5.74) is 8.02. The van der Waals surface area contributed by atoms with Crippen molar-refractivity contribution in [3.63, 3.8) is 0 Å². The fourth-order valence-electron chi connectivity index (χ4n) is 2.54. The summed E-state index contributed by atoms with van der Waals surface area (Å²) in [5, 5.41) is 0. The highest BCUT2D eigenvalue weighted by Crippen LogP contribution is 2.29. The number of hydrogen-bond acceptors (Lipinski definition) is 6. The van der Waals surface area contributed by atoms with E-state index in [9.17, 15) is 9.59 Å². The predicted molar refractivity (Wildman–Crippen MR) is 112 cm³/mol. The Labute approximate surface area is 171 Å². The highest BCUT2D eigenvalue weighted by molar-refractivity contribution is 6.17. The number of nitrogens with two attached hydrogens (primary N) is 1. The largest absolute Gasteiger partial charge is 0.487 e. The number of aryl methyl sites for hydroxylation is 1. The molecule has 0 heterocycles. The first kappa shape index (κ1) is 22.0. The zero-order chi connectivity index (χ0) is 21.6. The molecule has 0 amide bonds. The molecule has 6 heteroatoms. The Morgan fingerprint density at radius 1 is 1.07 bits per heavy atom. The minimum atomic E-state index is -0.777. The average Bonchev–Trinajstić information content (AvgIpc) is 2.66. The summed E-state index contributed by atoms with van der Waals surface area (Å²) in [6.45, 7) is 7.34. The standard InChI is InChI=1S/C23H27NO5/c1-15-11-17(12-18(21(25)27-5)22(26)29-23(2,3)4)13-19(20(15)24)28-14-16-9-7-6-8-10-16/h6-13H,14,24H2,1-5H3/b18-12-.